The van der Waals surface area contributed by atoms with Crippen LogP contribution in [-0.2, 0) is 0 Å². The molecule has 0 aliphatic heterocycles. The van der Waals surface area contributed by atoms with Gasteiger partial charge in [0.05, 0.1) is 0 Å². The summed E-state index contributed by atoms with van der Waals surface area (Å²) >= 11 is 0. The molecule has 6 nitrogen and oxygen atoms in total. The lowest BCUT2D eigenvalue weighted by atomic mass is 10.3. The zero-order valence-corrected chi connectivity index (χ0v) is 8.52. The largest absolute Gasteiger partial charge is 0.810 e. The summed E-state index contributed by atoms with van der Waals surface area (Å²) in [6.45, 7) is 0. The normalized spacial score (nSPS) is 10.7. The minimum Gasteiger partial charge on any atom is -0.810 e. The fourth-order valence-electron chi connectivity index (χ4n) is 0.769. The third-order valence-electron chi connectivity index (χ3n) is 1.20. The molecule has 0 fully saturated rings. The molecule has 2 N–H and O–H groups in total. The molecular formula is C6H6O6P2-2. The van der Waals surface area contributed by atoms with E-state index in [4.69, 9.17) is 9.79 Å². The summed E-state index contributed by atoms with van der Waals surface area (Å²) in [5.41, 5.74) is 0. The van der Waals surface area contributed by atoms with Crippen LogP contribution in [0.25, 0.3) is 0 Å². The van der Waals surface area contributed by atoms with Gasteiger partial charge in [0.1, 0.15) is 0 Å². The maximum absolute atomic E-state index is 10.2. The van der Waals surface area contributed by atoms with Gasteiger partial charge in [-0.25, -0.2) is 0 Å². The van der Waals surface area contributed by atoms with Crippen LogP contribution in [0.3, 0.4) is 0 Å². The molecule has 0 radical (unpaired) electrons. The number of hydrogen-bond donors (Lipinski definition) is 2. The van der Waals surface area contributed by atoms with Crippen LogP contribution < -0.4 is 18.8 Å². The molecule has 1 rings (SSSR count). The quantitative estimate of drug-likeness (QED) is 0.689. The van der Waals surface area contributed by atoms with Crippen molar-refractivity contribution in [2.45, 2.75) is 0 Å². The molecule has 0 spiro atoms. The SMILES string of the molecule is [O-]P([O-])Oc1ccccc1OP(O)O. The first-order valence-electron chi connectivity index (χ1n) is 3.37. The predicted octanol–water partition coefficient (Wildman–Crippen LogP) is -0.397. The van der Waals surface area contributed by atoms with Gasteiger partial charge >= 0.3 is 8.60 Å². The first-order chi connectivity index (χ1) is 6.59. The van der Waals surface area contributed by atoms with Crippen LogP contribution in [0.15, 0.2) is 24.3 Å². The van der Waals surface area contributed by atoms with Gasteiger partial charge in [-0.2, -0.15) is 0 Å². The van der Waals surface area contributed by atoms with Crippen molar-refractivity contribution < 1.29 is 28.6 Å². The van der Waals surface area contributed by atoms with Gasteiger partial charge in [-0.05, 0) is 12.1 Å². The van der Waals surface area contributed by atoms with Crippen molar-refractivity contribution in [3.8, 4) is 11.5 Å². The molecule has 0 unspecified atom stereocenters. The second kappa shape index (κ2) is 5.41. The lowest BCUT2D eigenvalue weighted by Gasteiger charge is -2.30. The summed E-state index contributed by atoms with van der Waals surface area (Å²) < 4.78 is 8.89. The van der Waals surface area contributed by atoms with Gasteiger partial charge in [-0.15, -0.1) is 0 Å². The lowest BCUT2D eigenvalue weighted by Crippen LogP contribution is -2.13. The number of para-hydroxylation sites is 2. The Hall–Kier alpha value is -0.480. The highest BCUT2D eigenvalue weighted by atomic mass is 31.2. The Kier molecular flexibility index (Phi) is 4.48. The Bertz CT molecular complexity index is 262. The van der Waals surface area contributed by atoms with Gasteiger partial charge in [-0.1, -0.05) is 20.7 Å². The zero-order valence-electron chi connectivity index (χ0n) is 6.73. The maximum Gasteiger partial charge on any atom is 0.391 e. The summed E-state index contributed by atoms with van der Waals surface area (Å²) in [5.74, 6) is -0.123. The zero-order chi connectivity index (χ0) is 10.6. The van der Waals surface area contributed by atoms with E-state index in [0.717, 1.165) is 0 Å². The van der Waals surface area contributed by atoms with Crippen LogP contribution >= 0.6 is 17.2 Å². The van der Waals surface area contributed by atoms with Crippen molar-refractivity contribution >= 4 is 17.2 Å². The highest BCUT2D eigenvalue weighted by Crippen LogP contribution is 2.38. The molecule has 0 saturated carbocycles. The van der Waals surface area contributed by atoms with Crippen molar-refractivity contribution in [3.05, 3.63) is 24.3 Å². The molecule has 1 aromatic rings. The summed E-state index contributed by atoms with van der Waals surface area (Å²) in [6.07, 6.45) is 0. The van der Waals surface area contributed by atoms with Gasteiger partial charge in [0.25, 0.3) is 0 Å². The topological polar surface area (TPSA) is 105 Å². The lowest BCUT2D eigenvalue weighted by molar-refractivity contribution is -0.310. The fraction of sp³-hybridized carbons (Fsp3) is 0. The first kappa shape index (κ1) is 11.6. The first-order valence-corrected chi connectivity index (χ1v) is 5.63. The van der Waals surface area contributed by atoms with Crippen molar-refractivity contribution in [3.63, 3.8) is 0 Å². The van der Waals surface area contributed by atoms with Crippen LogP contribution in [0, 0.1) is 0 Å². The highest BCUT2D eigenvalue weighted by molar-refractivity contribution is 7.39. The summed E-state index contributed by atoms with van der Waals surface area (Å²) in [6, 6.07) is 5.76. The molecule has 0 atom stereocenters. The standard InChI is InChI=1S/C6H6O6P2/c7-13(8)11-5-3-1-2-4-6(5)12-14(9)10/h1-4,7-8H/q-2. The molecule has 0 aliphatic carbocycles. The third kappa shape index (κ3) is 3.72. The molecule has 8 heteroatoms. The number of benzene rings is 1. The average molecular weight is 236 g/mol. The highest BCUT2D eigenvalue weighted by Gasteiger charge is 2.07. The number of hydrogen-bond acceptors (Lipinski definition) is 6. The van der Waals surface area contributed by atoms with E-state index in [2.05, 4.69) is 9.05 Å². The molecule has 0 aromatic heterocycles. The maximum atomic E-state index is 10.2. The van der Waals surface area contributed by atoms with E-state index in [0.29, 0.717) is 0 Å². The van der Waals surface area contributed by atoms with Gasteiger partial charge in [0.2, 0.25) is 0 Å². The Labute approximate surface area is 82.4 Å². The molecule has 0 aliphatic rings. The Morgan fingerprint density at radius 3 is 1.93 bits per heavy atom. The summed E-state index contributed by atoms with van der Waals surface area (Å²) in [7, 11) is -5.65. The Balaban J connectivity index is 2.80. The van der Waals surface area contributed by atoms with E-state index >= 15 is 0 Å². The Morgan fingerprint density at radius 2 is 1.50 bits per heavy atom. The van der Waals surface area contributed by atoms with Crippen molar-refractivity contribution in [2.24, 2.45) is 0 Å². The number of rotatable bonds is 4. The molecule has 0 saturated heterocycles. The minimum atomic E-state index is -3.05. The van der Waals surface area contributed by atoms with Crippen LogP contribution in [0.1, 0.15) is 0 Å². The third-order valence-corrected chi connectivity index (χ3v) is 1.91. The molecule has 0 bridgehead atoms. The molecular weight excluding hydrogens is 230 g/mol. The van der Waals surface area contributed by atoms with Crippen LogP contribution in [0.4, 0.5) is 0 Å². The van der Waals surface area contributed by atoms with Gasteiger partial charge in [-0.3, -0.25) is 0 Å². The van der Waals surface area contributed by atoms with Crippen LogP contribution in [0.5, 0.6) is 11.5 Å². The van der Waals surface area contributed by atoms with Crippen molar-refractivity contribution in [1.82, 2.24) is 0 Å². The second-order valence-electron chi connectivity index (χ2n) is 2.11. The fourth-order valence-corrected chi connectivity index (χ4v) is 1.41. The summed E-state index contributed by atoms with van der Waals surface area (Å²) in [5, 5.41) is 0. The van der Waals surface area contributed by atoms with Gasteiger partial charge in [0, 0.05) is 0 Å². The minimum absolute atomic E-state index is 0.0391. The smallest absolute Gasteiger partial charge is 0.391 e. The monoisotopic (exact) mass is 236 g/mol. The van der Waals surface area contributed by atoms with E-state index in [-0.39, 0.29) is 11.5 Å². The van der Waals surface area contributed by atoms with Crippen LogP contribution in [0.2, 0.25) is 0 Å². The molecule has 14 heavy (non-hydrogen) atoms. The Morgan fingerprint density at radius 1 is 1.00 bits per heavy atom. The van der Waals surface area contributed by atoms with E-state index in [1.165, 1.54) is 18.2 Å². The van der Waals surface area contributed by atoms with E-state index in [1.54, 1.807) is 6.07 Å². The average Bonchev–Trinajstić information content (AvgIpc) is 2.06. The van der Waals surface area contributed by atoms with E-state index in [1.807, 2.05) is 0 Å². The molecule has 0 amide bonds. The predicted molar refractivity (Wildman–Crippen MR) is 46.0 cm³/mol. The molecule has 1 aromatic carbocycles. The molecule has 0 heterocycles. The van der Waals surface area contributed by atoms with Gasteiger partial charge in [0.15, 0.2) is 11.5 Å². The van der Waals surface area contributed by atoms with E-state index < -0.39 is 17.2 Å². The summed E-state index contributed by atoms with van der Waals surface area (Å²) in [4.78, 5) is 37.6. The molecule has 78 valence electrons. The van der Waals surface area contributed by atoms with Crippen molar-refractivity contribution in [1.29, 1.82) is 0 Å². The van der Waals surface area contributed by atoms with Gasteiger partial charge < -0.3 is 28.6 Å². The van der Waals surface area contributed by atoms with Crippen molar-refractivity contribution in [2.75, 3.05) is 0 Å². The second-order valence-corrected chi connectivity index (χ2v) is 3.42. The van der Waals surface area contributed by atoms with Crippen LogP contribution in [-0.4, -0.2) is 9.79 Å². The van der Waals surface area contributed by atoms with E-state index in [9.17, 15) is 9.79 Å².